The smallest absolute Gasteiger partial charge is 0.384 e. The molecule has 1 aliphatic heterocycles. The van der Waals surface area contributed by atoms with E-state index in [1.54, 1.807) is 6.92 Å². The molecule has 184 valence electrons. The lowest BCUT2D eigenvalue weighted by Crippen LogP contribution is -2.54. The highest BCUT2D eigenvalue weighted by atomic mass is 32.2. The van der Waals surface area contributed by atoms with Gasteiger partial charge in [-0.15, -0.1) is 5.92 Å². The van der Waals surface area contributed by atoms with Crippen LogP contribution in [0.2, 0.25) is 0 Å². The summed E-state index contributed by atoms with van der Waals surface area (Å²) >= 11 is 0. The third kappa shape index (κ3) is 4.97. The quantitative estimate of drug-likeness (QED) is 0.586. The number of ether oxygens (including phenoxy) is 1. The molecule has 1 saturated heterocycles. The first-order valence-corrected chi connectivity index (χ1v) is 11.7. The number of rotatable bonds is 6. The van der Waals surface area contributed by atoms with Crippen LogP contribution in [-0.2, 0) is 20.4 Å². The Bertz CT molecular complexity index is 1160. The second-order valence-corrected chi connectivity index (χ2v) is 9.66. The topological polar surface area (TPSA) is 109 Å². The first kappa shape index (κ1) is 25.8. The van der Waals surface area contributed by atoms with E-state index in [1.165, 1.54) is 46.9 Å². The molecule has 0 aliphatic carbocycles. The van der Waals surface area contributed by atoms with E-state index in [9.17, 15) is 26.7 Å². The van der Waals surface area contributed by atoms with E-state index in [0.717, 1.165) is 7.11 Å². The first-order valence-electron chi connectivity index (χ1n) is 10.2. The first-order chi connectivity index (χ1) is 15.9. The van der Waals surface area contributed by atoms with E-state index in [2.05, 4.69) is 21.6 Å². The number of piperazine rings is 1. The molecule has 1 aliphatic rings. The summed E-state index contributed by atoms with van der Waals surface area (Å²) in [5, 5.41) is 10.2. The van der Waals surface area contributed by atoms with Crippen molar-refractivity contribution in [2.24, 2.45) is 0 Å². The van der Waals surface area contributed by atoms with E-state index in [0.29, 0.717) is 5.69 Å². The molecule has 0 amide bonds. The van der Waals surface area contributed by atoms with Crippen LogP contribution < -0.4 is 10.6 Å². The van der Waals surface area contributed by atoms with Crippen LogP contribution in [0, 0.1) is 11.8 Å². The highest BCUT2D eigenvalue weighted by molar-refractivity contribution is 7.89. The number of hydrogen-bond donors (Lipinski definition) is 2. The van der Waals surface area contributed by atoms with Gasteiger partial charge in [0.2, 0.25) is 15.6 Å². The molecule has 1 aromatic carbocycles. The third-order valence-corrected chi connectivity index (χ3v) is 7.40. The molecule has 2 atom stereocenters. The van der Waals surface area contributed by atoms with Gasteiger partial charge in [0.05, 0.1) is 6.61 Å². The van der Waals surface area contributed by atoms with Crippen LogP contribution in [0.5, 0.6) is 0 Å². The number of sulfonamides is 1. The number of benzene rings is 1. The molecule has 2 aromatic rings. The lowest BCUT2D eigenvalue weighted by Gasteiger charge is -2.40. The predicted octanol–water partition coefficient (Wildman–Crippen LogP) is 1.96. The number of anilines is 2. The number of halogens is 3. The molecule has 2 heterocycles. The average molecular weight is 499 g/mol. The van der Waals surface area contributed by atoms with Gasteiger partial charge in [-0.25, -0.2) is 13.4 Å². The summed E-state index contributed by atoms with van der Waals surface area (Å²) in [6.07, 6.45) is -3.74. The van der Waals surface area contributed by atoms with Crippen LogP contribution >= 0.6 is 0 Å². The lowest BCUT2D eigenvalue weighted by molar-refractivity contribution is -0.280. The minimum absolute atomic E-state index is 0.00675. The van der Waals surface area contributed by atoms with Gasteiger partial charge in [0, 0.05) is 38.6 Å². The summed E-state index contributed by atoms with van der Waals surface area (Å²) in [4.78, 5) is 5.66. The highest BCUT2D eigenvalue weighted by Crippen LogP contribution is 2.40. The number of alkyl halides is 3. The summed E-state index contributed by atoms with van der Waals surface area (Å²) in [5.74, 6) is 5.95. The van der Waals surface area contributed by atoms with Crippen LogP contribution in [-0.4, -0.2) is 68.4 Å². The molecule has 0 unspecified atom stereocenters. The Morgan fingerprint density at radius 3 is 2.41 bits per heavy atom. The monoisotopic (exact) mass is 498 g/mol. The van der Waals surface area contributed by atoms with Crippen molar-refractivity contribution in [3.05, 3.63) is 48.2 Å². The van der Waals surface area contributed by atoms with Gasteiger partial charge in [0.1, 0.15) is 16.8 Å². The minimum Gasteiger partial charge on any atom is -0.384 e. The second kappa shape index (κ2) is 9.79. The van der Waals surface area contributed by atoms with Crippen molar-refractivity contribution in [1.29, 1.82) is 0 Å². The Labute approximate surface area is 196 Å². The molecule has 12 heteroatoms. The zero-order valence-corrected chi connectivity index (χ0v) is 19.4. The molecular formula is C22H25F3N4O4S. The van der Waals surface area contributed by atoms with Gasteiger partial charge in [-0.2, -0.15) is 17.5 Å². The molecule has 0 saturated carbocycles. The van der Waals surface area contributed by atoms with Gasteiger partial charge in [-0.05, 0) is 36.8 Å². The van der Waals surface area contributed by atoms with Crippen LogP contribution in [0.4, 0.5) is 24.7 Å². The van der Waals surface area contributed by atoms with Gasteiger partial charge in [0.15, 0.2) is 0 Å². The fraction of sp³-hybridized carbons (Fsp3) is 0.409. The molecule has 0 radical (unpaired) electrons. The third-order valence-electron chi connectivity index (χ3n) is 5.55. The van der Waals surface area contributed by atoms with Crippen LogP contribution in [0.15, 0.2) is 47.5 Å². The van der Waals surface area contributed by atoms with Gasteiger partial charge >= 0.3 is 6.18 Å². The normalized spacial score (nSPS) is 19.2. The molecular weight excluding hydrogens is 473 g/mol. The zero-order valence-electron chi connectivity index (χ0n) is 18.6. The molecule has 0 spiro atoms. The number of nitrogens with zero attached hydrogens (tertiary/aromatic N) is 3. The van der Waals surface area contributed by atoms with Crippen molar-refractivity contribution in [1.82, 2.24) is 9.29 Å². The SMILES string of the molecule is CC#C[C@H]1CN(S(=O)(=O)c2ccc(N)nc2)CCN1c1ccc([C@](O)(COC)C(F)(F)F)cc1. The Morgan fingerprint density at radius 2 is 1.88 bits per heavy atom. The summed E-state index contributed by atoms with van der Waals surface area (Å²) < 4.78 is 72.4. The second-order valence-electron chi connectivity index (χ2n) is 7.72. The molecule has 34 heavy (non-hydrogen) atoms. The number of aliphatic hydroxyl groups is 1. The van der Waals surface area contributed by atoms with Gasteiger partial charge in [-0.1, -0.05) is 18.1 Å². The summed E-state index contributed by atoms with van der Waals surface area (Å²) in [6.45, 7) is 1.10. The number of methoxy groups -OCH3 is 1. The molecule has 0 bridgehead atoms. The molecule has 1 fully saturated rings. The lowest BCUT2D eigenvalue weighted by atomic mass is 9.93. The van der Waals surface area contributed by atoms with Crippen molar-refractivity contribution >= 4 is 21.5 Å². The molecule has 8 nitrogen and oxygen atoms in total. The Hall–Kier alpha value is -2.85. The average Bonchev–Trinajstić information content (AvgIpc) is 2.79. The number of nitrogen functional groups attached to an aromatic ring is 1. The number of aromatic nitrogens is 1. The van der Waals surface area contributed by atoms with Gasteiger partial charge in [0.25, 0.3) is 0 Å². The van der Waals surface area contributed by atoms with E-state index in [-0.39, 0.29) is 35.9 Å². The van der Waals surface area contributed by atoms with E-state index in [4.69, 9.17) is 5.73 Å². The van der Waals surface area contributed by atoms with E-state index < -0.39 is 34.4 Å². The molecule has 1 aromatic heterocycles. The molecule has 3 N–H and O–H groups in total. The summed E-state index contributed by atoms with van der Waals surface area (Å²) in [7, 11) is -2.76. The molecule has 3 rings (SSSR count). The number of pyridine rings is 1. The fourth-order valence-electron chi connectivity index (χ4n) is 3.74. The fourth-order valence-corrected chi connectivity index (χ4v) is 5.12. The maximum atomic E-state index is 13.5. The Balaban J connectivity index is 1.86. The predicted molar refractivity (Wildman–Crippen MR) is 120 cm³/mol. The summed E-state index contributed by atoms with van der Waals surface area (Å²) in [6, 6.07) is 7.50. The minimum atomic E-state index is -4.93. The van der Waals surface area contributed by atoms with E-state index in [1.807, 2.05) is 4.90 Å². The van der Waals surface area contributed by atoms with Crippen molar-refractivity contribution in [2.45, 2.75) is 29.6 Å². The van der Waals surface area contributed by atoms with Crippen LogP contribution in [0.1, 0.15) is 12.5 Å². The Morgan fingerprint density at radius 1 is 1.21 bits per heavy atom. The highest BCUT2D eigenvalue weighted by Gasteiger charge is 2.55. The van der Waals surface area contributed by atoms with Crippen molar-refractivity contribution in [3.8, 4) is 11.8 Å². The summed E-state index contributed by atoms with van der Waals surface area (Å²) in [5.41, 5.74) is 2.58. The van der Waals surface area contributed by atoms with Gasteiger partial charge < -0.3 is 20.5 Å². The largest absolute Gasteiger partial charge is 0.423 e. The van der Waals surface area contributed by atoms with Crippen LogP contribution in [0.3, 0.4) is 0 Å². The van der Waals surface area contributed by atoms with Gasteiger partial charge in [-0.3, -0.25) is 0 Å². The standard InChI is InChI=1S/C22H25F3N4O4S/c1-3-4-18-14-28(34(31,32)19-9-10-20(26)27-13-19)11-12-29(18)17-7-5-16(6-8-17)21(30,15-33-2)22(23,24)25/h5-10,13,18,30H,11-12,14-15H2,1-2H3,(H2,26,27)/t18-,21+/m0/s1. The van der Waals surface area contributed by atoms with Crippen molar-refractivity contribution in [3.63, 3.8) is 0 Å². The van der Waals surface area contributed by atoms with Crippen molar-refractivity contribution in [2.75, 3.05) is 44.0 Å². The van der Waals surface area contributed by atoms with Crippen molar-refractivity contribution < 1.29 is 31.4 Å². The Kier molecular flexibility index (Phi) is 7.42. The van der Waals surface area contributed by atoms with Crippen LogP contribution in [0.25, 0.3) is 0 Å². The maximum Gasteiger partial charge on any atom is 0.423 e. The zero-order chi connectivity index (χ0) is 25.1. The number of nitrogens with two attached hydrogens (primary N) is 1. The number of hydrogen-bond acceptors (Lipinski definition) is 7. The maximum absolute atomic E-state index is 13.5. The van der Waals surface area contributed by atoms with E-state index >= 15 is 0 Å².